The second-order valence-corrected chi connectivity index (χ2v) is 6.46. The molecule has 1 atom stereocenters. The highest BCUT2D eigenvalue weighted by molar-refractivity contribution is 6.32. The topological polar surface area (TPSA) is 52.6 Å². The minimum atomic E-state index is -0.859. The Hall–Kier alpha value is -2.33. The lowest BCUT2D eigenvalue weighted by Gasteiger charge is -2.14. The number of fused-ring (bicyclic) bond motifs is 1. The van der Waals surface area contributed by atoms with Crippen molar-refractivity contribution in [1.29, 1.82) is 0 Å². The van der Waals surface area contributed by atoms with Crippen LogP contribution in [-0.2, 0) is 22.4 Å². The third-order valence-electron chi connectivity index (χ3n) is 4.24. The number of Topliss-reactive ketones (excluding diaryl/α,β-unsaturated/α-hetero) is 1. The minimum absolute atomic E-state index is 0.208. The first-order chi connectivity index (χ1) is 12.0. The van der Waals surface area contributed by atoms with Crippen LogP contribution in [0.3, 0.4) is 0 Å². The lowest BCUT2D eigenvalue weighted by Crippen LogP contribution is -2.27. The van der Waals surface area contributed by atoms with E-state index in [2.05, 4.69) is 0 Å². The third-order valence-corrected chi connectivity index (χ3v) is 4.55. The molecule has 0 fully saturated rings. The fourth-order valence-electron chi connectivity index (χ4n) is 2.94. The quantitative estimate of drug-likeness (QED) is 0.578. The van der Waals surface area contributed by atoms with Crippen molar-refractivity contribution in [3.8, 4) is 5.75 Å². The molecule has 130 valence electrons. The van der Waals surface area contributed by atoms with Crippen LogP contribution in [-0.4, -0.2) is 24.5 Å². The number of ether oxygens (including phenoxy) is 2. The molecule has 0 N–H and O–H groups in total. The maximum atomic E-state index is 12.5. The zero-order valence-corrected chi connectivity index (χ0v) is 14.7. The van der Waals surface area contributed by atoms with E-state index in [1.807, 2.05) is 12.1 Å². The van der Waals surface area contributed by atoms with E-state index in [4.69, 9.17) is 21.1 Å². The maximum Gasteiger partial charge on any atom is 0.344 e. The Kier molecular flexibility index (Phi) is 5.39. The van der Waals surface area contributed by atoms with Gasteiger partial charge < -0.3 is 9.47 Å². The van der Waals surface area contributed by atoms with Gasteiger partial charge in [-0.15, -0.1) is 0 Å². The second kappa shape index (κ2) is 7.70. The van der Waals surface area contributed by atoms with E-state index in [0.717, 1.165) is 19.3 Å². The number of hydrogen-bond donors (Lipinski definition) is 0. The van der Waals surface area contributed by atoms with Crippen molar-refractivity contribution in [2.45, 2.75) is 32.3 Å². The molecule has 4 nitrogen and oxygen atoms in total. The molecule has 0 aliphatic heterocycles. The van der Waals surface area contributed by atoms with Gasteiger partial charge in [-0.1, -0.05) is 35.9 Å². The van der Waals surface area contributed by atoms with Gasteiger partial charge in [-0.05, 0) is 55.5 Å². The van der Waals surface area contributed by atoms with Crippen LogP contribution in [0.1, 0.15) is 34.8 Å². The zero-order valence-electron chi connectivity index (χ0n) is 14.0. The monoisotopic (exact) mass is 358 g/mol. The molecular weight excluding hydrogens is 340 g/mol. The van der Waals surface area contributed by atoms with Crippen LogP contribution in [0.4, 0.5) is 0 Å². The molecule has 1 aliphatic carbocycles. The molecule has 2 aromatic carbocycles. The Morgan fingerprint density at radius 1 is 1.12 bits per heavy atom. The summed E-state index contributed by atoms with van der Waals surface area (Å²) in [4.78, 5) is 24.4. The number of rotatable bonds is 6. The highest BCUT2D eigenvalue weighted by Crippen LogP contribution is 2.24. The third kappa shape index (κ3) is 4.20. The van der Waals surface area contributed by atoms with Gasteiger partial charge in [0.15, 0.2) is 12.7 Å². The van der Waals surface area contributed by atoms with Gasteiger partial charge in [0.25, 0.3) is 0 Å². The van der Waals surface area contributed by atoms with Gasteiger partial charge in [0.05, 0.1) is 5.02 Å². The predicted molar refractivity (Wildman–Crippen MR) is 95.3 cm³/mol. The Morgan fingerprint density at radius 3 is 2.68 bits per heavy atom. The van der Waals surface area contributed by atoms with Crippen molar-refractivity contribution in [3.63, 3.8) is 0 Å². The number of benzene rings is 2. The zero-order chi connectivity index (χ0) is 17.8. The summed E-state index contributed by atoms with van der Waals surface area (Å²) >= 11 is 5.96. The number of ketones is 1. The van der Waals surface area contributed by atoms with E-state index >= 15 is 0 Å². The van der Waals surface area contributed by atoms with E-state index in [9.17, 15) is 9.59 Å². The highest BCUT2D eigenvalue weighted by Gasteiger charge is 2.21. The summed E-state index contributed by atoms with van der Waals surface area (Å²) in [6, 6.07) is 12.6. The average Bonchev–Trinajstić information content (AvgIpc) is 3.08. The standard InChI is InChI=1S/C20H19ClO4/c1-13(20(23)16-10-9-14-5-4-6-15(14)11-16)25-19(22)12-24-18-8-3-2-7-17(18)21/h2-3,7-11,13H,4-6,12H2,1H3/t13-/m0/s1. The van der Waals surface area contributed by atoms with Gasteiger partial charge in [-0.25, -0.2) is 4.79 Å². The first kappa shape index (κ1) is 17.5. The molecule has 0 spiro atoms. The molecule has 3 rings (SSSR count). The lowest BCUT2D eigenvalue weighted by molar-refractivity contribution is -0.148. The molecule has 0 radical (unpaired) electrons. The van der Waals surface area contributed by atoms with Gasteiger partial charge >= 0.3 is 5.97 Å². The number of para-hydroxylation sites is 1. The van der Waals surface area contributed by atoms with Crippen molar-refractivity contribution in [2.24, 2.45) is 0 Å². The number of esters is 1. The van der Waals surface area contributed by atoms with E-state index in [1.165, 1.54) is 11.1 Å². The highest BCUT2D eigenvalue weighted by atomic mass is 35.5. The van der Waals surface area contributed by atoms with E-state index < -0.39 is 12.1 Å². The summed E-state index contributed by atoms with van der Waals surface area (Å²) in [5.74, 6) is -0.415. The second-order valence-electron chi connectivity index (χ2n) is 6.05. The van der Waals surface area contributed by atoms with Crippen LogP contribution in [0.25, 0.3) is 0 Å². The first-order valence-electron chi connectivity index (χ1n) is 8.27. The smallest absolute Gasteiger partial charge is 0.344 e. The molecule has 0 bridgehead atoms. The van der Waals surface area contributed by atoms with Crippen LogP contribution in [0.15, 0.2) is 42.5 Å². The fraction of sp³-hybridized carbons (Fsp3) is 0.300. The van der Waals surface area contributed by atoms with Crippen molar-refractivity contribution in [1.82, 2.24) is 0 Å². The largest absolute Gasteiger partial charge is 0.480 e. The molecule has 25 heavy (non-hydrogen) atoms. The molecule has 5 heteroatoms. The van der Waals surface area contributed by atoms with Crippen LogP contribution >= 0.6 is 11.6 Å². The van der Waals surface area contributed by atoms with Crippen LogP contribution in [0.5, 0.6) is 5.75 Å². The molecule has 1 aliphatic rings. The first-order valence-corrected chi connectivity index (χ1v) is 8.65. The Balaban J connectivity index is 1.56. The predicted octanol–water partition coefficient (Wildman–Crippen LogP) is 4.02. The maximum absolute atomic E-state index is 12.5. The van der Waals surface area contributed by atoms with E-state index in [0.29, 0.717) is 16.3 Å². The van der Waals surface area contributed by atoms with Gasteiger partial charge in [-0.3, -0.25) is 4.79 Å². The lowest BCUT2D eigenvalue weighted by atomic mass is 10.0. The van der Waals surface area contributed by atoms with Gasteiger partial charge in [-0.2, -0.15) is 0 Å². The molecule has 2 aromatic rings. The summed E-state index contributed by atoms with van der Waals surface area (Å²) in [7, 11) is 0. The molecule has 0 heterocycles. The fourth-order valence-corrected chi connectivity index (χ4v) is 3.13. The molecule has 0 unspecified atom stereocenters. The molecule has 0 saturated carbocycles. The Labute approximate surface area is 151 Å². The summed E-state index contributed by atoms with van der Waals surface area (Å²) in [6.07, 6.45) is 2.32. The number of carbonyl (C=O) groups is 2. The summed E-state index contributed by atoms with van der Waals surface area (Å²) in [5.41, 5.74) is 3.09. The number of carbonyl (C=O) groups excluding carboxylic acids is 2. The Morgan fingerprint density at radius 2 is 1.88 bits per heavy atom. The number of halogens is 1. The summed E-state index contributed by atoms with van der Waals surface area (Å²) in [5, 5.41) is 0.414. The minimum Gasteiger partial charge on any atom is -0.480 e. The average molecular weight is 359 g/mol. The molecular formula is C20H19ClO4. The van der Waals surface area contributed by atoms with Crippen LogP contribution in [0, 0.1) is 0 Å². The molecule has 0 aromatic heterocycles. The summed E-state index contributed by atoms with van der Waals surface area (Å²) < 4.78 is 10.5. The normalized spacial score (nSPS) is 13.8. The Bertz CT molecular complexity index is 800. The SMILES string of the molecule is C[C@H](OC(=O)COc1ccccc1Cl)C(=O)c1ccc2c(c1)CCC2. The van der Waals surface area contributed by atoms with E-state index in [-0.39, 0.29) is 12.4 Å². The van der Waals surface area contributed by atoms with Crippen molar-refractivity contribution in [2.75, 3.05) is 6.61 Å². The molecule has 0 saturated heterocycles. The van der Waals surface area contributed by atoms with Gasteiger partial charge in [0, 0.05) is 5.56 Å². The number of aryl methyl sites for hydroxylation is 2. The van der Waals surface area contributed by atoms with Crippen molar-refractivity contribution >= 4 is 23.4 Å². The molecule has 0 amide bonds. The van der Waals surface area contributed by atoms with Gasteiger partial charge in [0.1, 0.15) is 5.75 Å². The van der Waals surface area contributed by atoms with Crippen LogP contribution < -0.4 is 4.74 Å². The van der Waals surface area contributed by atoms with Crippen molar-refractivity contribution in [3.05, 3.63) is 64.2 Å². The van der Waals surface area contributed by atoms with E-state index in [1.54, 1.807) is 37.3 Å². The van der Waals surface area contributed by atoms with Crippen molar-refractivity contribution < 1.29 is 19.1 Å². The van der Waals surface area contributed by atoms with Crippen LogP contribution in [0.2, 0.25) is 5.02 Å². The summed E-state index contributed by atoms with van der Waals surface area (Å²) in [6.45, 7) is 1.27. The number of hydrogen-bond acceptors (Lipinski definition) is 4. The van der Waals surface area contributed by atoms with Gasteiger partial charge in [0.2, 0.25) is 5.78 Å².